The molecule has 1 nitrogen and oxygen atoms in total. The predicted octanol–water partition coefficient (Wildman–Crippen LogP) is 2.92. The van der Waals surface area contributed by atoms with Crippen molar-refractivity contribution in [3.63, 3.8) is 0 Å². The van der Waals surface area contributed by atoms with Gasteiger partial charge in [-0.3, -0.25) is 4.90 Å². The van der Waals surface area contributed by atoms with Gasteiger partial charge >= 0.3 is 0 Å². The number of rotatable bonds is 1. The van der Waals surface area contributed by atoms with Gasteiger partial charge in [-0.25, -0.2) is 0 Å². The lowest BCUT2D eigenvalue weighted by atomic mass is 9.78. The van der Waals surface area contributed by atoms with Crippen LogP contribution in [-0.4, -0.2) is 23.4 Å². The summed E-state index contributed by atoms with van der Waals surface area (Å²) in [5.41, 5.74) is 0.704. The van der Waals surface area contributed by atoms with Gasteiger partial charge in [0.05, 0.1) is 0 Å². The van der Waals surface area contributed by atoms with Gasteiger partial charge in [-0.05, 0) is 44.6 Å². The Kier molecular flexibility index (Phi) is 2.89. The second kappa shape index (κ2) is 3.82. The van der Waals surface area contributed by atoms with E-state index >= 15 is 0 Å². The highest BCUT2D eigenvalue weighted by Crippen LogP contribution is 2.45. The van der Waals surface area contributed by atoms with Gasteiger partial charge in [-0.1, -0.05) is 12.8 Å². The smallest absolute Gasteiger partial charge is 0.0499 e. The largest absolute Gasteiger partial charge is 0.291 e. The van der Waals surface area contributed by atoms with Crippen LogP contribution in [0.3, 0.4) is 0 Å². The molecule has 0 aromatic heterocycles. The molecule has 0 bridgehead atoms. The average molecular weight is 199 g/mol. The quantitative estimate of drug-likeness (QED) is 0.636. The third kappa shape index (κ3) is 2.04. The highest BCUT2D eigenvalue weighted by Gasteiger charge is 2.38. The highest BCUT2D eigenvalue weighted by molar-refractivity contribution is 7.80. The zero-order chi connectivity index (χ0) is 9.31. The lowest BCUT2D eigenvalue weighted by Crippen LogP contribution is -2.44. The standard InChI is InChI=1S/C11H21NS/c1-10(13)12-8-4-7-11(9-12)5-2-3-6-11/h10,13H,2-9H2,1H3. The number of hydrogen-bond donors (Lipinski definition) is 1. The van der Waals surface area contributed by atoms with Crippen LogP contribution in [0.25, 0.3) is 0 Å². The van der Waals surface area contributed by atoms with Crippen LogP contribution >= 0.6 is 12.6 Å². The van der Waals surface area contributed by atoms with Gasteiger partial charge in [0.1, 0.15) is 0 Å². The molecule has 2 heteroatoms. The van der Waals surface area contributed by atoms with E-state index in [-0.39, 0.29) is 0 Å². The third-order valence-corrected chi connectivity index (χ3v) is 4.21. The topological polar surface area (TPSA) is 3.24 Å². The van der Waals surface area contributed by atoms with Crippen molar-refractivity contribution in [3.8, 4) is 0 Å². The fourth-order valence-electron chi connectivity index (χ4n) is 3.10. The summed E-state index contributed by atoms with van der Waals surface area (Å²) in [5.74, 6) is 0. The number of nitrogens with zero attached hydrogens (tertiary/aromatic N) is 1. The first-order valence-electron chi connectivity index (χ1n) is 5.64. The summed E-state index contributed by atoms with van der Waals surface area (Å²) >= 11 is 4.54. The number of hydrogen-bond acceptors (Lipinski definition) is 2. The first-order chi connectivity index (χ1) is 6.22. The minimum Gasteiger partial charge on any atom is -0.291 e. The van der Waals surface area contributed by atoms with Crippen molar-refractivity contribution in [2.24, 2.45) is 5.41 Å². The van der Waals surface area contributed by atoms with Crippen molar-refractivity contribution in [2.45, 2.75) is 50.8 Å². The van der Waals surface area contributed by atoms with Crippen LogP contribution in [0.5, 0.6) is 0 Å². The zero-order valence-electron chi connectivity index (χ0n) is 8.63. The van der Waals surface area contributed by atoms with Crippen molar-refractivity contribution in [2.75, 3.05) is 13.1 Å². The van der Waals surface area contributed by atoms with Gasteiger partial charge in [0, 0.05) is 11.9 Å². The van der Waals surface area contributed by atoms with Gasteiger partial charge < -0.3 is 0 Å². The van der Waals surface area contributed by atoms with Crippen LogP contribution in [0, 0.1) is 5.41 Å². The van der Waals surface area contributed by atoms with Crippen LogP contribution in [-0.2, 0) is 0 Å². The van der Waals surface area contributed by atoms with E-state index in [0.29, 0.717) is 10.8 Å². The Morgan fingerprint density at radius 1 is 1.15 bits per heavy atom. The van der Waals surface area contributed by atoms with E-state index in [2.05, 4.69) is 24.5 Å². The molecule has 2 fully saturated rings. The van der Waals surface area contributed by atoms with Crippen molar-refractivity contribution in [1.82, 2.24) is 4.90 Å². The monoisotopic (exact) mass is 199 g/mol. The molecule has 0 N–H and O–H groups in total. The Morgan fingerprint density at radius 3 is 2.38 bits per heavy atom. The number of piperidine rings is 1. The summed E-state index contributed by atoms with van der Waals surface area (Å²) < 4.78 is 0. The van der Waals surface area contributed by atoms with Gasteiger partial charge in [0.15, 0.2) is 0 Å². The molecule has 13 heavy (non-hydrogen) atoms. The second-order valence-corrected chi connectivity index (χ2v) is 5.66. The molecular weight excluding hydrogens is 178 g/mol. The first kappa shape index (κ1) is 9.85. The van der Waals surface area contributed by atoms with E-state index < -0.39 is 0 Å². The third-order valence-electron chi connectivity index (χ3n) is 3.88. The Balaban J connectivity index is 1.98. The lowest BCUT2D eigenvalue weighted by Gasteiger charge is -2.42. The molecule has 76 valence electrons. The minimum absolute atomic E-state index is 0.456. The molecule has 1 saturated carbocycles. The van der Waals surface area contributed by atoms with Crippen molar-refractivity contribution >= 4 is 12.6 Å². The minimum atomic E-state index is 0.456. The Morgan fingerprint density at radius 2 is 1.77 bits per heavy atom. The van der Waals surface area contributed by atoms with Gasteiger partial charge in [-0.15, -0.1) is 0 Å². The molecule has 1 heterocycles. The Bertz CT molecular complexity index is 173. The lowest BCUT2D eigenvalue weighted by molar-refractivity contribution is 0.0894. The summed E-state index contributed by atoms with van der Waals surface area (Å²) in [6.07, 6.45) is 8.76. The molecule has 1 aliphatic heterocycles. The van der Waals surface area contributed by atoms with E-state index in [1.165, 1.54) is 51.6 Å². The van der Waals surface area contributed by atoms with E-state index in [1.54, 1.807) is 0 Å². The Labute approximate surface area is 87.3 Å². The van der Waals surface area contributed by atoms with E-state index in [0.717, 1.165) is 0 Å². The van der Waals surface area contributed by atoms with Gasteiger partial charge in [-0.2, -0.15) is 12.6 Å². The number of likely N-dealkylation sites (tertiary alicyclic amines) is 1. The molecule has 0 radical (unpaired) electrons. The second-order valence-electron chi connectivity index (χ2n) is 4.91. The molecule has 1 atom stereocenters. The van der Waals surface area contributed by atoms with Crippen LogP contribution < -0.4 is 0 Å². The van der Waals surface area contributed by atoms with Gasteiger partial charge in [0.25, 0.3) is 0 Å². The normalized spacial score (nSPS) is 30.9. The molecule has 2 aliphatic rings. The maximum absolute atomic E-state index is 4.54. The number of thiol groups is 1. The molecule has 2 rings (SSSR count). The first-order valence-corrected chi connectivity index (χ1v) is 6.16. The van der Waals surface area contributed by atoms with Crippen molar-refractivity contribution in [3.05, 3.63) is 0 Å². The highest BCUT2D eigenvalue weighted by atomic mass is 32.1. The van der Waals surface area contributed by atoms with Crippen molar-refractivity contribution in [1.29, 1.82) is 0 Å². The molecule has 1 unspecified atom stereocenters. The van der Waals surface area contributed by atoms with Gasteiger partial charge in [0.2, 0.25) is 0 Å². The summed E-state index contributed by atoms with van der Waals surface area (Å²) in [6, 6.07) is 0. The molecule has 0 aromatic carbocycles. The van der Waals surface area contributed by atoms with E-state index in [1.807, 2.05) is 0 Å². The maximum atomic E-state index is 4.54. The molecule has 1 aliphatic carbocycles. The molecule has 0 aromatic rings. The molecule has 0 amide bonds. The molecule has 1 spiro atoms. The van der Waals surface area contributed by atoms with Crippen LogP contribution in [0.4, 0.5) is 0 Å². The summed E-state index contributed by atoms with van der Waals surface area (Å²) in [6.45, 7) is 4.79. The van der Waals surface area contributed by atoms with Crippen LogP contribution in [0.15, 0.2) is 0 Å². The fraction of sp³-hybridized carbons (Fsp3) is 1.00. The molecular formula is C11H21NS. The Hall–Kier alpha value is 0.310. The predicted molar refractivity (Wildman–Crippen MR) is 60.2 cm³/mol. The fourth-order valence-corrected chi connectivity index (χ4v) is 3.30. The van der Waals surface area contributed by atoms with Crippen LogP contribution in [0.1, 0.15) is 45.4 Å². The summed E-state index contributed by atoms with van der Waals surface area (Å²) in [4.78, 5) is 2.55. The average Bonchev–Trinajstić information content (AvgIpc) is 2.53. The summed E-state index contributed by atoms with van der Waals surface area (Å²) in [7, 11) is 0. The van der Waals surface area contributed by atoms with Crippen molar-refractivity contribution < 1.29 is 0 Å². The maximum Gasteiger partial charge on any atom is 0.0499 e. The van der Waals surface area contributed by atoms with Crippen LogP contribution in [0.2, 0.25) is 0 Å². The van der Waals surface area contributed by atoms with E-state index in [4.69, 9.17) is 0 Å². The zero-order valence-corrected chi connectivity index (χ0v) is 9.52. The SMILES string of the molecule is CC(S)N1CCCC2(CCCC2)C1. The molecule has 1 saturated heterocycles. The van der Waals surface area contributed by atoms with E-state index in [9.17, 15) is 0 Å². The summed E-state index contributed by atoms with van der Waals surface area (Å²) in [5, 5.41) is 0.456.